The summed E-state index contributed by atoms with van der Waals surface area (Å²) in [6.45, 7) is 0.955. The van der Waals surface area contributed by atoms with Gasteiger partial charge in [-0.1, -0.05) is 17.7 Å². The van der Waals surface area contributed by atoms with Crippen LogP contribution in [0.15, 0.2) is 53.8 Å². The molecule has 44 heavy (non-hydrogen) atoms. The molecule has 0 fully saturated rings. The minimum atomic E-state index is -0.712. The number of H-pyrrole nitrogens is 1. The molecule has 14 heteroatoms. The lowest BCUT2D eigenvalue weighted by Gasteiger charge is -2.16. The number of hydrogen-bond donors (Lipinski definition) is 5. The third-order valence-electron chi connectivity index (χ3n) is 6.58. The topological polar surface area (TPSA) is 184 Å². The summed E-state index contributed by atoms with van der Waals surface area (Å²) in [5.74, 6) is 11.1. The van der Waals surface area contributed by atoms with E-state index in [2.05, 4.69) is 30.6 Å². The number of unbranched alkanes of at least 4 members (excludes halogenated alkanes) is 1. The lowest BCUT2D eigenvalue weighted by Crippen LogP contribution is -2.30. The summed E-state index contributed by atoms with van der Waals surface area (Å²) in [4.78, 5) is 46.1. The minimum Gasteiger partial charge on any atom is -0.453 e. The van der Waals surface area contributed by atoms with E-state index in [1.807, 2.05) is 26.2 Å². The second-order valence-corrected chi connectivity index (χ2v) is 10.5. The number of rotatable bonds is 15. The number of amides is 2. The normalized spacial score (nSPS) is 12.0. The standard InChI is InChI=1S/C30H38ClN9O4/c1-39(2)14-5-4-6-20-17-23(36-30(43)44-3)9-10-24(20)26-18-34-29(38-26)25(13-15-41)37-28(42)12-7-21-16-22(31)8-11-27(21)40(33)19-35-32/h7-12,15-19,25H,4-6,13-14,32-33H2,1-3H3,(H,34,38)(H,36,43)(H,37,42)/b12-7+,35-19-/t25-/m0/s1. The van der Waals surface area contributed by atoms with Crippen LogP contribution in [-0.4, -0.2) is 67.2 Å². The molecule has 0 saturated carbocycles. The third kappa shape index (κ3) is 9.93. The summed E-state index contributed by atoms with van der Waals surface area (Å²) < 4.78 is 4.73. The smallest absolute Gasteiger partial charge is 0.411 e. The monoisotopic (exact) mass is 623 g/mol. The molecule has 0 aliphatic carbocycles. The number of aromatic nitrogens is 2. The van der Waals surface area contributed by atoms with Crippen molar-refractivity contribution in [1.82, 2.24) is 20.2 Å². The van der Waals surface area contributed by atoms with Crippen LogP contribution < -0.4 is 27.3 Å². The first kappa shape index (κ1) is 33.8. The van der Waals surface area contributed by atoms with E-state index in [1.54, 1.807) is 36.5 Å². The van der Waals surface area contributed by atoms with Crippen LogP contribution in [-0.2, 0) is 20.7 Å². The van der Waals surface area contributed by atoms with Crippen molar-refractivity contribution in [3.8, 4) is 11.3 Å². The van der Waals surface area contributed by atoms with Crippen LogP contribution in [0.1, 0.15) is 42.3 Å². The molecule has 0 bridgehead atoms. The average Bonchev–Trinajstić information content (AvgIpc) is 3.48. The van der Waals surface area contributed by atoms with E-state index in [9.17, 15) is 14.4 Å². The van der Waals surface area contributed by atoms with E-state index in [1.165, 1.54) is 24.5 Å². The average molecular weight is 624 g/mol. The molecule has 2 amide bonds. The first-order valence-corrected chi connectivity index (χ1v) is 14.2. The van der Waals surface area contributed by atoms with Crippen LogP contribution in [0.25, 0.3) is 17.3 Å². The number of carbonyl (C=O) groups excluding carboxylic acids is 3. The summed E-state index contributed by atoms with van der Waals surface area (Å²) in [5.41, 5.74) is 4.26. The number of anilines is 2. The van der Waals surface area contributed by atoms with Crippen LogP contribution in [0.5, 0.6) is 0 Å². The minimum absolute atomic E-state index is 0.00211. The molecule has 0 aliphatic heterocycles. The highest BCUT2D eigenvalue weighted by Crippen LogP contribution is 2.29. The van der Waals surface area contributed by atoms with Crippen molar-refractivity contribution in [2.45, 2.75) is 31.7 Å². The number of hydrogen-bond acceptors (Lipinski definition) is 9. The van der Waals surface area contributed by atoms with Crippen LogP contribution in [0.2, 0.25) is 5.02 Å². The molecular weight excluding hydrogens is 586 g/mol. The Labute approximate surface area is 261 Å². The number of halogens is 1. The number of imidazole rings is 1. The highest BCUT2D eigenvalue weighted by Gasteiger charge is 2.19. The summed E-state index contributed by atoms with van der Waals surface area (Å²) in [6, 6.07) is 9.80. The second kappa shape index (κ2) is 16.8. The molecule has 3 aromatic rings. The van der Waals surface area contributed by atoms with Crippen LogP contribution >= 0.6 is 11.6 Å². The predicted octanol–water partition coefficient (Wildman–Crippen LogP) is 3.83. The maximum absolute atomic E-state index is 12.9. The molecule has 0 saturated heterocycles. The zero-order chi connectivity index (χ0) is 32.1. The van der Waals surface area contributed by atoms with Crippen molar-refractivity contribution < 1.29 is 19.1 Å². The Morgan fingerprint density at radius 1 is 1.20 bits per heavy atom. The van der Waals surface area contributed by atoms with Gasteiger partial charge in [-0.3, -0.25) is 15.1 Å². The molecule has 1 atom stereocenters. The van der Waals surface area contributed by atoms with Gasteiger partial charge >= 0.3 is 6.09 Å². The Morgan fingerprint density at radius 2 is 2.00 bits per heavy atom. The molecule has 0 spiro atoms. The first-order valence-electron chi connectivity index (χ1n) is 13.8. The lowest BCUT2D eigenvalue weighted by molar-refractivity contribution is -0.117. The number of benzene rings is 2. The van der Waals surface area contributed by atoms with Gasteiger partial charge in [0, 0.05) is 34.3 Å². The highest BCUT2D eigenvalue weighted by atomic mass is 35.5. The Hall–Kier alpha value is -4.72. The number of aryl methyl sites for hydroxylation is 1. The lowest BCUT2D eigenvalue weighted by atomic mass is 9.99. The fraction of sp³-hybridized carbons (Fsp3) is 0.300. The second-order valence-electron chi connectivity index (χ2n) is 10.1. The number of aromatic amines is 1. The zero-order valence-corrected chi connectivity index (χ0v) is 25.7. The van der Waals surface area contributed by atoms with Gasteiger partial charge in [0.15, 0.2) is 0 Å². The molecule has 0 unspecified atom stereocenters. The van der Waals surface area contributed by atoms with E-state index in [0.717, 1.165) is 36.9 Å². The van der Waals surface area contributed by atoms with E-state index < -0.39 is 18.0 Å². The molecule has 1 heterocycles. The SMILES string of the molecule is COC(=O)Nc1ccc(-c2cnc([C@H](CC=O)NC(=O)/C=C/c3cc(Cl)ccc3N(N)/C=N\N)[nH]2)c(CCCCN(C)C)c1. The summed E-state index contributed by atoms with van der Waals surface area (Å²) in [7, 11) is 5.37. The molecule has 0 radical (unpaired) electrons. The number of methoxy groups -OCH3 is 1. The zero-order valence-electron chi connectivity index (χ0n) is 24.9. The highest BCUT2D eigenvalue weighted by molar-refractivity contribution is 6.30. The van der Waals surface area contributed by atoms with Crippen molar-refractivity contribution in [3.63, 3.8) is 0 Å². The van der Waals surface area contributed by atoms with Gasteiger partial charge in [0.1, 0.15) is 18.4 Å². The number of nitrogens with zero attached hydrogens (tertiary/aromatic N) is 4. The molecular formula is C30H38ClN9O4. The molecule has 13 nitrogen and oxygen atoms in total. The molecule has 1 aromatic heterocycles. The van der Waals surface area contributed by atoms with E-state index in [-0.39, 0.29) is 6.42 Å². The van der Waals surface area contributed by atoms with Crippen molar-refractivity contribution in [3.05, 3.63) is 70.6 Å². The van der Waals surface area contributed by atoms with Gasteiger partial charge in [-0.15, -0.1) is 0 Å². The predicted molar refractivity (Wildman–Crippen MR) is 173 cm³/mol. The Bertz CT molecular complexity index is 1490. The Morgan fingerprint density at radius 3 is 2.70 bits per heavy atom. The van der Waals surface area contributed by atoms with Gasteiger partial charge in [0.25, 0.3) is 0 Å². The van der Waals surface area contributed by atoms with E-state index in [0.29, 0.717) is 39.8 Å². The maximum Gasteiger partial charge on any atom is 0.411 e. The summed E-state index contributed by atoms with van der Waals surface area (Å²) in [6.07, 6.45) is 8.57. The van der Waals surface area contributed by atoms with E-state index >= 15 is 0 Å². The largest absolute Gasteiger partial charge is 0.453 e. The van der Waals surface area contributed by atoms with E-state index in [4.69, 9.17) is 28.0 Å². The van der Waals surface area contributed by atoms with Crippen LogP contribution in [0, 0.1) is 0 Å². The molecule has 7 N–H and O–H groups in total. The summed E-state index contributed by atoms with van der Waals surface area (Å²) in [5, 5.41) is 10.6. The van der Waals surface area contributed by atoms with Crippen molar-refractivity contribution in [2.24, 2.45) is 16.8 Å². The summed E-state index contributed by atoms with van der Waals surface area (Å²) >= 11 is 6.14. The molecule has 0 aliphatic rings. The molecule has 234 valence electrons. The number of hydrazone groups is 1. The Kier molecular flexibility index (Phi) is 12.9. The Balaban J connectivity index is 1.82. The van der Waals surface area contributed by atoms with Crippen LogP contribution in [0.3, 0.4) is 0 Å². The number of aldehydes is 1. The number of nitrogens with one attached hydrogen (secondary N) is 3. The van der Waals surface area contributed by atoms with Crippen molar-refractivity contribution in [1.29, 1.82) is 0 Å². The fourth-order valence-electron chi connectivity index (χ4n) is 4.45. The fourth-order valence-corrected chi connectivity index (χ4v) is 4.63. The quantitative estimate of drug-likeness (QED) is 0.0319. The van der Waals surface area contributed by atoms with Gasteiger partial charge in [0.2, 0.25) is 5.91 Å². The first-order chi connectivity index (χ1) is 21.1. The molecule has 2 aromatic carbocycles. The van der Waals surface area contributed by atoms with Gasteiger partial charge < -0.3 is 30.6 Å². The van der Waals surface area contributed by atoms with Gasteiger partial charge in [-0.25, -0.2) is 15.6 Å². The van der Waals surface area contributed by atoms with Gasteiger partial charge in [-0.2, -0.15) is 5.10 Å². The van der Waals surface area contributed by atoms with Gasteiger partial charge in [0.05, 0.1) is 30.7 Å². The maximum atomic E-state index is 12.9. The number of hydrazine groups is 1. The number of carbonyl (C=O) groups is 3. The number of ether oxygens (including phenoxy) is 1. The van der Waals surface area contributed by atoms with Crippen molar-refractivity contribution >= 4 is 53.7 Å². The third-order valence-corrected chi connectivity index (χ3v) is 6.81. The van der Waals surface area contributed by atoms with Crippen LogP contribution in [0.4, 0.5) is 16.2 Å². The number of nitrogens with two attached hydrogens (primary N) is 2. The van der Waals surface area contributed by atoms with Crippen molar-refractivity contribution in [2.75, 3.05) is 38.1 Å². The molecule has 3 rings (SSSR count). The van der Waals surface area contributed by atoms with Gasteiger partial charge in [-0.05, 0) is 81.9 Å².